The first-order valence-electron chi connectivity index (χ1n) is 4.25. The molecule has 0 amide bonds. The molecule has 0 unspecified atom stereocenters. The summed E-state index contributed by atoms with van der Waals surface area (Å²) in [6.45, 7) is 0. The Morgan fingerprint density at radius 3 is 2.56 bits per heavy atom. The predicted molar refractivity (Wildman–Crippen MR) is 77.9 cm³/mol. The zero-order valence-corrected chi connectivity index (χ0v) is 12.1. The Morgan fingerprint density at radius 2 is 1.88 bits per heavy atom. The Kier molecular flexibility index (Phi) is 3.19. The molecule has 0 aliphatic carbocycles. The topological polar surface area (TPSA) is 70.2 Å². The standard InChI is InChI=1S/C10H5I2NO3/c11-5-2-1-4-6(14)3-7(15)10(16)13-9(4)8(5)12/h1-3,15H,(H,13,16). The summed E-state index contributed by atoms with van der Waals surface area (Å²) in [5, 5.41) is 9.68. The number of benzene rings is 1. The van der Waals surface area contributed by atoms with Crippen LogP contribution in [0.5, 0.6) is 5.75 Å². The largest absolute Gasteiger partial charge is 0.503 e. The van der Waals surface area contributed by atoms with Crippen molar-refractivity contribution < 1.29 is 5.11 Å². The molecule has 1 aromatic heterocycles. The van der Waals surface area contributed by atoms with Crippen molar-refractivity contribution in [3.63, 3.8) is 0 Å². The second kappa shape index (κ2) is 4.32. The summed E-state index contributed by atoms with van der Waals surface area (Å²) in [6.07, 6.45) is 0. The fourth-order valence-electron chi connectivity index (χ4n) is 1.32. The second-order valence-electron chi connectivity index (χ2n) is 3.13. The van der Waals surface area contributed by atoms with E-state index in [9.17, 15) is 14.7 Å². The van der Waals surface area contributed by atoms with Crippen LogP contribution in [0.25, 0.3) is 10.9 Å². The van der Waals surface area contributed by atoms with Gasteiger partial charge in [-0.3, -0.25) is 9.59 Å². The summed E-state index contributed by atoms with van der Waals surface area (Å²) in [4.78, 5) is 25.6. The summed E-state index contributed by atoms with van der Waals surface area (Å²) in [5.74, 6) is -0.563. The lowest BCUT2D eigenvalue weighted by molar-refractivity contribution is 0.468. The maximum atomic E-state index is 11.7. The van der Waals surface area contributed by atoms with Crippen LogP contribution in [0.1, 0.15) is 0 Å². The van der Waals surface area contributed by atoms with E-state index in [1.807, 2.05) is 0 Å². The van der Waals surface area contributed by atoms with Gasteiger partial charge >= 0.3 is 0 Å². The molecule has 1 heterocycles. The number of hydrogen-bond acceptors (Lipinski definition) is 3. The van der Waals surface area contributed by atoms with E-state index in [0.717, 1.165) is 13.2 Å². The highest BCUT2D eigenvalue weighted by Gasteiger charge is 2.07. The summed E-state index contributed by atoms with van der Waals surface area (Å²) >= 11 is 4.17. The second-order valence-corrected chi connectivity index (χ2v) is 5.37. The number of aromatic nitrogens is 1. The molecule has 0 saturated carbocycles. The third-order valence-corrected chi connectivity index (χ3v) is 5.15. The van der Waals surface area contributed by atoms with Crippen molar-refractivity contribution in [1.29, 1.82) is 0 Å². The zero-order chi connectivity index (χ0) is 11.9. The first-order chi connectivity index (χ1) is 7.50. The van der Waals surface area contributed by atoms with Crippen LogP contribution in [0.2, 0.25) is 0 Å². The van der Waals surface area contributed by atoms with E-state index in [2.05, 4.69) is 50.2 Å². The highest BCUT2D eigenvalue weighted by molar-refractivity contribution is 14.1. The molecule has 0 spiro atoms. The number of hydrogen-bond donors (Lipinski definition) is 2. The molecule has 6 heteroatoms. The lowest BCUT2D eigenvalue weighted by atomic mass is 10.2. The van der Waals surface area contributed by atoms with Gasteiger partial charge in [0.2, 0.25) is 0 Å². The van der Waals surface area contributed by atoms with Gasteiger partial charge in [0.1, 0.15) is 0 Å². The molecular formula is C10H5I2NO3. The molecule has 2 rings (SSSR count). The number of nitrogens with one attached hydrogen (secondary N) is 1. The van der Waals surface area contributed by atoms with Gasteiger partial charge in [-0.05, 0) is 57.3 Å². The maximum Gasteiger partial charge on any atom is 0.290 e. The zero-order valence-electron chi connectivity index (χ0n) is 7.75. The monoisotopic (exact) mass is 441 g/mol. The van der Waals surface area contributed by atoms with Crippen molar-refractivity contribution in [1.82, 2.24) is 4.98 Å². The number of aromatic amines is 1. The molecule has 2 aromatic rings. The molecule has 0 fully saturated rings. The van der Waals surface area contributed by atoms with E-state index in [1.54, 1.807) is 12.1 Å². The normalized spacial score (nSPS) is 10.6. The van der Waals surface area contributed by atoms with E-state index < -0.39 is 11.3 Å². The van der Waals surface area contributed by atoms with Crippen LogP contribution < -0.4 is 11.0 Å². The van der Waals surface area contributed by atoms with Gasteiger partial charge < -0.3 is 10.1 Å². The Bertz CT molecular complexity index is 694. The van der Waals surface area contributed by atoms with E-state index in [-0.39, 0.29) is 5.43 Å². The van der Waals surface area contributed by atoms with Gasteiger partial charge in [-0.15, -0.1) is 0 Å². The van der Waals surface area contributed by atoms with E-state index in [4.69, 9.17) is 0 Å². The molecule has 82 valence electrons. The lowest BCUT2D eigenvalue weighted by Crippen LogP contribution is -2.01. The molecule has 16 heavy (non-hydrogen) atoms. The predicted octanol–water partition coefficient (Wildman–Crippen LogP) is 1.80. The molecule has 0 atom stereocenters. The van der Waals surface area contributed by atoms with Gasteiger partial charge in [-0.2, -0.15) is 0 Å². The van der Waals surface area contributed by atoms with Crippen LogP contribution in [-0.4, -0.2) is 10.1 Å². The summed E-state index contributed by atoms with van der Waals surface area (Å²) < 4.78 is 1.73. The highest BCUT2D eigenvalue weighted by Crippen LogP contribution is 2.21. The molecule has 0 radical (unpaired) electrons. The number of fused-ring (bicyclic) bond motifs is 1. The van der Waals surface area contributed by atoms with Crippen LogP contribution in [0.3, 0.4) is 0 Å². The maximum absolute atomic E-state index is 11.7. The van der Waals surface area contributed by atoms with Gasteiger partial charge in [0.25, 0.3) is 5.56 Å². The molecule has 0 aliphatic heterocycles. The van der Waals surface area contributed by atoms with Gasteiger partial charge in [0.05, 0.1) is 9.09 Å². The molecule has 0 bridgehead atoms. The average Bonchev–Trinajstić information content (AvgIpc) is 2.33. The molecule has 1 aromatic carbocycles. The highest BCUT2D eigenvalue weighted by atomic mass is 127. The van der Waals surface area contributed by atoms with Gasteiger partial charge in [0, 0.05) is 15.0 Å². The number of aromatic hydroxyl groups is 1. The minimum atomic E-state index is -0.660. The Hall–Kier alpha value is -0.640. The number of halogens is 2. The summed E-state index contributed by atoms with van der Waals surface area (Å²) in [7, 11) is 0. The molecule has 0 aliphatic rings. The van der Waals surface area contributed by atoms with Crippen LogP contribution >= 0.6 is 45.2 Å². The van der Waals surface area contributed by atoms with Crippen molar-refractivity contribution in [2.24, 2.45) is 0 Å². The fraction of sp³-hybridized carbons (Fsp3) is 0. The number of H-pyrrole nitrogens is 1. The average molecular weight is 441 g/mol. The number of rotatable bonds is 0. The molecule has 2 N–H and O–H groups in total. The smallest absolute Gasteiger partial charge is 0.290 e. The SMILES string of the molecule is O=c1[nH]c2c(I)c(I)ccc2c(=O)cc1O. The van der Waals surface area contributed by atoms with E-state index >= 15 is 0 Å². The van der Waals surface area contributed by atoms with Crippen LogP contribution in [0.4, 0.5) is 0 Å². The molecular weight excluding hydrogens is 436 g/mol. The van der Waals surface area contributed by atoms with Gasteiger partial charge in [-0.1, -0.05) is 0 Å². The van der Waals surface area contributed by atoms with Crippen molar-refractivity contribution in [2.45, 2.75) is 0 Å². The van der Waals surface area contributed by atoms with Crippen LogP contribution in [0, 0.1) is 7.14 Å². The molecule has 4 nitrogen and oxygen atoms in total. The third-order valence-electron chi connectivity index (χ3n) is 2.10. The lowest BCUT2D eigenvalue weighted by Gasteiger charge is -1.98. The Morgan fingerprint density at radius 1 is 1.19 bits per heavy atom. The minimum Gasteiger partial charge on any atom is -0.503 e. The fourth-order valence-corrected chi connectivity index (χ4v) is 2.38. The Balaban J connectivity index is 3.17. The third kappa shape index (κ3) is 1.95. The van der Waals surface area contributed by atoms with Crippen molar-refractivity contribution in [2.75, 3.05) is 0 Å². The van der Waals surface area contributed by atoms with E-state index in [0.29, 0.717) is 10.9 Å². The van der Waals surface area contributed by atoms with Crippen molar-refractivity contribution in [3.8, 4) is 5.75 Å². The first kappa shape index (κ1) is 11.8. The van der Waals surface area contributed by atoms with Crippen molar-refractivity contribution >= 4 is 56.1 Å². The molecule has 0 saturated heterocycles. The van der Waals surface area contributed by atoms with Crippen molar-refractivity contribution in [3.05, 3.63) is 45.9 Å². The Labute approximate surface area is 117 Å². The van der Waals surface area contributed by atoms with Crippen LogP contribution in [-0.2, 0) is 0 Å². The van der Waals surface area contributed by atoms with Crippen LogP contribution in [0.15, 0.2) is 27.8 Å². The minimum absolute atomic E-state index is 0.375. The van der Waals surface area contributed by atoms with E-state index in [1.165, 1.54) is 0 Å². The van der Waals surface area contributed by atoms with Gasteiger partial charge in [-0.25, -0.2) is 0 Å². The first-order valence-corrected chi connectivity index (χ1v) is 6.41. The summed E-state index contributed by atoms with van der Waals surface area (Å²) in [5.41, 5.74) is -0.574. The van der Waals surface area contributed by atoms with Gasteiger partial charge in [0.15, 0.2) is 11.2 Å². The quantitative estimate of drug-likeness (QED) is 0.614. The summed E-state index contributed by atoms with van der Waals surface area (Å²) in [6, 6.07) is 4.36.